The van der Waals surface area contributed by atoms with E-state index in [1.165, 1.54) is 0 Å². The molecule has 0 bridgehead atoms. The van der Waals surface area contributed by atoms with Crippen LogP contribution < -0.4 is 11.1 Å². The second-order valence-electron chi connectivity index (χ2n) is 5.56. The zero-order chi connectivity index (χ0) is 14.3. The molecule has 1 aliphatic rings. The van der Waals surface area contributed by atoms with Gasteiger partial charge in [-0.1, -0.05) is 19.8 Å². The fourth-order valence-electron chi connectivity index (χ4n) is 2.66. The Kier molecular flexibility index (Phi) is 6.28. The van der Waals surface area contributed by atoms with Crippen LogP contribution >= 0.6 is 0 Å². The van der Waals surface area contributed by atoms with Crippen LogP contribution in [0.1, 0.15) is 58.3 Å². The molecule has 1 amide bonds. The lowest BCUT2D eigenvalue weighted by molar-refractivity contribution is -0.151. The molecule has 5 nitrogen and oxygen atoms in total. The number of rotatable bonds is 9. The summed E-state index contributed by atoms with van der Waals surface area (Å²) in [5.41, 5.74) is 4.58. The SMILES string of the molecule is CCCC(CCN)CCC(=O)NC1(C(=O)O)CCC1. The van der Waals surface area contributed by atoms with E-state index in [4.69, 9.17) is 10.8 Å². The molecule has 0 aliphatic heterocycles. The van der Waals surface area contributed by atoms with Crippen LogP contribution in [0.3, 0.4) is 0 Å². The number of carbonyl (C=O) groups excluding carboxylic acids is 1. The van der Waals surface area contributed by atoms with Crippen molar-refractivity contribution in [3.8, 4) is 0 Å². The van der Waals surface area contributed by atoms with Crippen LogP contribution in [0.5, 0.6) is 0 Å². The first-order valence-corrected chi connectivity index (χ1v) is 7.28. The third-order valence-corrected chi connectivity index (χ3v) is 4.05. The molecule has 0 spiro atoms. The highest BCUT2D eigenvalue weighted by Gasteiger charge is 2.45. The van der Waals surface area contributed by atoms with Crippen molar-refractivity contribution in [1.82, 2.24) is 5.32 Å². The van der Waals surface area contributed by atoms with Crippen LogP contribution in [0, 0.1) is 5.92 Å². The fourth-order valence-corrected chi connectivity index (χ4v) is 2.66. The second kappa shape index (κ2) is 7.48. The Bertz CT molecular complexity index is 308. The van der Waals surface area contributed by atoms with Crippen molar-refractivity contribution in [2.24, 2.45) is 11.7 Å². The van der Waals surface area contributed by atoms with Gasteiger partial charge in [0.1, 0.15) is 5.54 Å². The van der Waals surface area contributed by atoms with Gasteiger partial charge in [0, 0.05) is 6.42 Å². The molecule has 0 saturated heterocycles. The van der Waals surface area contributed by atoms with Gasteiger partial charge in [-0.2, -0.15) is 0 Å². The number of aliphatic carboxylic acids is 1. The largest absolute Gasteiger partial charge is 0.480 e. The minimum Gasteiger partial charge on any atom is -0.480 e. The first-order valence-electron chi connectivity index (χ1n) is 7.28. The van der Waals surface area contributed by atoms with Gasteiger partial charge in [0.05, 0.1) is 0 Å². The van der Waals surface area contributed by atoms with Crippen LogP contribution in [0.15, 0.2) is 0 Å². The summed E-state index contributed by atoms with van der Waals surface area (Å²) in [7, 11) is 0. The van der Waals surface area contributed by atoms with Crippen molar-refractivity contribution in [2.75, 3.05) is 6.54 Å². The van der Waals surface area contributed by atoms with Crippen molar-refractivity contribution >= 4 is 11.9 Å². The lowest BCUT2D eigenvalue weighted by Gasteiger charge is -2.38. The average molecular weight is 270 g/mol. The van der Waals surface area contributed by atoms with Gasteiger partial charge in [-0.3, -0.25) is 4.79 Å². The predicted octanol–water partition coefficient (Wildman–Crippen LogP) is 1.66. The highest BCUT2D eigenvalue weighted by atomic mass is 16.4. The topological polar surface area (TPSA) is 92.4 Å². The molecule has 0 radical (unpaired) electrons. The van der Waals surface area contributed by atoms with E-state index in [1.54, 1.807) is 0 Å². The summed E-state index contributed by atoms with van der Waals surface area (Å²) in [6.07, 6.45) is 6.28. The zero-order valence-electron chi connectivity index (χ0n) is 11.8. The first kappa shape index (κ1) is 16.0. The molecule has 1 fully saturated rings. The van der Waals surface area contributed by atoms with Crippen LogP contribution in [-0.2, 0) is 9.59 Å². The molecule has 0 aromatic carbocycles. The van der Waals surface area contributed by atoms with Crippen LogP contribution in [0.4, 0.5) is 0 Å². The molecule has 0 aromatic heterocycles. The van der Waals surface area contributed by atoms with Crippen molar-refractivity contribution < 1.29 is 14.7 Å². The fraction of sp³-hybridized carbons (Fsp3) is 0.857. The van der Waals surface area contributed by atoms with Gasteiger partial charge >= 0.3 is 5.97 Å². The monoisotopic (exact) mass is 270 g/mol. The number of carboxylic acid groups (broad SMARTS) is 1. The van der Waals surface area contributed by atoms with Crippen molar-refractivity contribution in [3.05, 3.63) is 0 Å². The third kappa shape index (κ3) is 4.49. The number of nitrogens with one attached hydrogen (secondary N) is 1. The molecule has 0 aromatic rings. The van der Waals surface area contributed by atoms with Gasteiger partial charge in [-0.05, 0) is 44.6 Å². The minimum atomic E-state index is -0.981. The average Bonchev–Trinajstić information content (AvgIpc) is 2.31. The van der Waals surface area contributed by atoms with E-state index in [0.29, 0.717) is 31.7 Å². The minimum absolute atomic E-state index is 0.139. The molecular weight excluding hydrogens is 244 g/mol. The molecule has 0 heterocycles. The molecule has 1 saturated carbocycles. The van der Waals surface area contributed by atoms with Gasteiger partial charge in [-0.15, -0.1) is 0 Å². The maximum Gasteiger partial charge on any atom is 0.329 e. The van der Waals surface area contributed by atoms with E-state index in [2.05, 4.69) is 12.2 Å². The highest BCUT2D eigenvalue weighted by molar-refractivity contribution is 5.87. The number of amides is 1. The maximum atomic E-state index is 11.9. The maximum absolute atomic E-state index is 11.9. The number of hydrogen-bond acceptors (Lipinski definition) is 3. The van der Waals surface area contributed by atoms with Crippen LogP contribution in [0.2, 0.25) is 0 Å². The standard InChI is InChI=1S/C14H26N2O3/c1-2-4-11(7-10-15)5-6-12(17)16-14(13(18)19)8-3-9-14/h11H,2-10,15H2,1H3,(H,16,17)(H,18,19). The number of carbonyl (C=O) groups is 2. The molecular formula is C14H26N2O3. The quantitative estimate of drug-likeness (QED) is 0.594. The van der Waals surface area contributed by atoms with Gasteiger partial charge in [0.25, 0.3) is 0 Å². The number of carboxylic acids is 1. The molecule has 4 N–H and O–H groups in total. The van der Waals surface area contributed by atoms with E-state index in [1.807, 2.05) is 0 Å². The predicted molar refractivity (Wildman–Crippen MR) is 73.7 cm³/mol. The summed E-state index contributed by atoms with van der Waals surface area (Å²) < 4.78 is 0. The van der Waals surface area contributed by atoms with Gasteiger partial charge in [-0.25, -0.2) is 4.79 Å². The zero-order valence-corrected chi connectivity index (χ0v) is 11.8. The Morgan fingerprint density at radius 2 is 2.00 bits per heavy atom. The summed E-state index contributed by atoms with van der Waals surface area (Å²) in [5.74, 6) is -0.567. The third-order valence-electron chi connectivity index (χ3n) is 4.05. The summed E-state index contributed by atoms with van der Waals surface area (Å²) >= 11 is 0. The molecule has 110 valence electrons. The van der Waals surface area contributed by atoms with E-state index in [9.17, 15) is 9.59 Å². The normalized spacial score (nSPS) is 18.4. The molecule has 1 atom stereocenters. The summed E-state index contributed by atoms with van der Waals surface area (Å²) in [6.45, 7) is 2.77. The Hall–Kier alpha value is -1.10. The Balaban J connectivity index is 2.36. The summed E-state index contributed by atoms with van der Waals surface area (Å²) in [5, 5.41) is 11.8. The van der Waals surface area contributed by atoms with Crippen LogP contribution in [0.25, 0.3) is 0 Å². The highest BCUT2D eigenvalue weighted by Crippen LogP contribution is 2.32. The van der Waals surface area contributed by atoms with Gasteiger partial charge in [0.15, 0.2) is 0 Å². The lowest BCUT2D eigenvalue weighted by Crippen LogP contribution is -2.59. The van der Waals surface area contributed by atoms with Crippen molar-refractivity contribution in [2.45, 2.75) is 63.8 Å². The Morgan fingerprint density at radius 1 is 1.32 bits per heavy atom. The van der Waals surface area contributed by atoms with Crippen molar-refractivity contribution in [3.63, 3.8) is 0 Å². The molecule has 1 unspecified atom stereocenters. The van der Waals surface area contributed by atoms with E-state index < -0.39 is 11.5 Å². The molecule has 19 heavy (non-hydrogen) atoms. The smallest absolute Gasteiger partial charge is 0.329 e. The number of hydrogen-bond donors (Lipinski definition) is 3. The second-order valence-corrected chi connectivity index (χ2v) is 5.56. The molecule has 1 rings (SSSR count). The summed E-state index contributed by atoms with van der Waals surface area (Å²) in [6, 6.07) is 0. The Labute approximate surface area is 114 Å². The van der Waals surface area contributed by atoms with Gasteiger partial charge < -0.3 is 16.2 Å². The van der Waals surface area contributed by atoms with E-state index >= 15 is 0 Å². The van der Waals surface area contributed by atoms with E-state index in [-0.39, 0.29) is 5.91 Å². The van der Waals surface area contributed by atoms with Crippen molar-refractivity contribution in [1.29, 1.82) is 0 Å². The number of nitrogens with two attached hydrogens (primary N) is 1. The summed E-state index contributed by atoms with van der Waals surface area (Å²) in [4.78, 5) is 23.0. The van der Waals surface area contributed by atoms with E-state index in [0.717, 1.165) is 32.1 Å². The lowest BCUT2D eigenvalue weighted by atomic mass is 9.76. The molecule has 1 aliphatic carbocycles. The van der Waals surface area contributed by atoms with Gasteiger partial charge in [0.2, 0.25) is 5.91 Å². The first-order chi connectivity index (χ1) is 9.04. The Morgan fingerprint density at radius 3 is 2.42 bits per heavy atom. The van der Waals surface area contributed by atoms with Crippen LogP contribution in [-0.4, -0.2) is 29.1 Å². The molecule has 5 heteroatoms.